The van der Waals surface area contributed by atoms with Gasteiger partial charge in [0.05, 0.1) is 15.8 Å². The van der Waals surface area contributed by atoms with Crippen LogP contribution in [0.3, 0.4) is 0 Å². The molecule has 0 spiro atoms. The fraction of sp³-hybridized carbons (Fsp3) is 0.357. The molecule has 0 amide bonds. The molecule has 1 heterocycles. The van der Waals surface area contributed by atoms with Crippen molar-refractivity contribution in [1.82, 2.24) is 4.98 Å². The second kappa shape index (κ2) is 4.84. The normalized spacial score (nSPS) is 14.5. The van der Waals surface area contributed by atoms with Gasteiger partial charge in [-0.25, -0.2) is 0 Å². The van der Waals surface area contributed by atoms with Gasteiger partial charge >= 0.3 is 5.69 Å². The van der Waals surface area contributed by atoms with Crippen molar-refractivity contribution in [3.8, 4) is 0 Å². The molecule has 98 valence electrons. The van der Waals surface area contributed by atoms with Crippen LogP contribution in [0.15, 0.2) is 30.5 Å². The summed E-state index contributed by atoms with van der Waals surface area (Å²) in [6.07, 6.45) is 5.32. The van der Waals surface area contributed by atoms with Crippen LogP contribution in [0.1, 0.15) is 19.3 Å². The Morgan fingerprint density at radius 3 is 2.95 bits per heavy atom. The Bertz CT molecular complexity index is 623. The average molecular weight is 257 g/mol. The molecule has 5 heteroatoms. The highest BCUT2D eigenvalue weighted by atomic mass is 16.6. The van der Waals surface area contributed by atoms with Gasteiger partial charge in [0, 0.05) is 12.7 Å². The molecule has 1 saturated carbocycles. The van der Waals surface area contributed by atoms with Gasteiger partial charge < -0.3 is 5.32 Å². The van der Waals surface area contributed by atoms with Gasteiger partial charge in [-0.05, 0) is 36.6 Å². The van der Waals surface area contributed by atoms with E-state index in [-0.39, 0.29) is 10.6 Å². The standard InChI is InChI=1S/C14H15N3O2/c18-17(19)14-11-2-1-8-15-12(11)5-6-13(14)16-9-7-10-3-4-10/h1-2,5-6,8,10,16H,3-4,7,9H2. The summed E-state index contributed by atoms with van der Waals surface area (Å²) in [6, 6.07) is 7.04. The number of anilines is 1. The Kier molecular flexibility index (Phi) is 3.03. The molecule has 1 aliphatic carbocycles. The van der Waals surface area contributed by atoms with Crippen molar-refractivity contribution < 1.29 is 4.92 Å². The summed E-state index contributed by atoms with van der Waals surface area (Å²) in [7, 11) is 0. The molecule has 1 N–H and O–H groups in total. The van der Waals surface area contributed by atoms with Crippen LogP contribution in [0.2, 0.25) is 0 Å². The fourth-order valence-electron chi connectivity index (χ4n) is 2.29. The van der Waals surface area contributed by atoms with Crippen molar-refractivity contribution in [2.45, 2.75) is 19.3 Å². The Hall–Kier alpha value is -2.17. The van der Waals surface area contributed by atoms with E-state index in [2.05, 4.69) is 10.3 Å². The molecule has 0 bridgehead atoms. The molecule has 1 aliphatic rings. The van der Waals surface area contributed by atoms with E-state index in [9.17, 15) is 10.1 Å². The van der Waals surface area contributed by atoms with E-state index in [1.54, 1.807) is 24.4 Å². The Morgan fingerprint density at radius 1 is 1.37 bits per heavy atom. The number of nitrogens with one attached hydrogen (secondary N) is 1. The van der Waals surface area contributed by atoms with E-state index in [0.717, 1.165) is 18.9 Å². The quantitative estimate of drug-likeness (QED) is 0.658. The summed E-state index contributed by atoms with van der Waals surface area (Å²) in [5.41, 5.74) is 1.37. The lowest BCUT2D eigenvalue weighted by molar-refractivity contribution is -0.382. The summed E-state index contributed by atoms with van der Waals surface area (Å²) in [6.45, 7) is 0.789. The lowest BCUT2D eigenvalue weighted by Crippen LogP contribution is -2.05. The lowest BCUT2D eigenvalue weighted by Gasteiger charge is -2.08. The molecule has 1 aromatic carbocycles. The minimum Gasteiger partial charge on any atom is -0.379 e. The molecule has 0 unspecified atom stereocenters. The number of hydrogen-bond acceptors (Lipinski definition) is 4. The molecule has 3 rings (SSSR count). The summed E-state index contributed by atoms with van der Waals surface area (Å²) in [4.78, 5) is 15.1. The SMILES string of the molecule is O=[N+]([O-])c1c(NCCC2CC2)ccc2ncccc12. The number of nitro groups is 1. The Morgan fingerprint density at radius 2 is 2.21 bits per heavy atom. The zero-order valence-corrected chi connectivity index (χ0v) is 10.5. The van der Waals surface area contributed by atoms with Crippen LogP contribution in [0.4, 0.5) is 11.4 Å². The molecule has 0 aliphatic heterocycles. The third-order valence-electron chi connectivity index (χ3n) is 3.50. The third-order valence-corrected chi connectivity index (χ3v) is 3.50. The second-order valence-corrected chi connectivity index (χ2v) is 4.95. The van der Waals surface area contributed by atoms with Crippen LogP contribution in [0.25, 0.3) is 10.9 Å². The Balaban J connectivity index is 1.92. The summed E-state index contributed by atoms with van der Waals surface area (Å²) in [5.74, 6) is 0.814. The van der Waals surface area contributed by atoms with Crippen LogP contribution in [0.5, 0.6) is 0 Å². The number of nitro benzene ring substituents is 1. The molecule has 0 radical (unpaired) electrons. The van der Waals surface area contributed by atoms with E-state index in [4.69, 9.17) is 0 Å². The number of rotatable bonds is 5. The van der Waals surface area contributed by atoms with Crippen molar-refractivity contribution in [3.05, 3.63) is 40.6 Å². The summed E-state index contributed by atoms with van der Waals surface area (Å²) in [5, 5.41) is 15.1. The van der Waals surface area contributed by atoms with Crippen LogP contribution in [0, 0.1) is 16.0 Å². The molecule has 1 fully saturated rings. The highest BCUT2D eigenvalue weighted by Gasteiger charge is 2.22. The highest BCUT2D eigenvalue weighted by Crippen LogP contribution is 2.34. The highest BCUT2D eigenvalue weighted by molar-refractivity contribution is 5.94. The number of aromatic nitrogens is 1. The van der Waals surface area contributed by atoms with Crippen LogP contribution in [-0.2, 0) is 0 Å². The first kappa shape index (κ1) is 11.9. The van der Waals surface area contributed by atoms with Gasteiger partial charge in [0.25, 0.3) is 0 Å². The molecule has 5 nitrogen and oxygen atoms in total. The first-order valence-electron chi connectivity index (χ1n) is 6.51. The maximum absolute atomic E-state index is 11.3. The van der Waals surface area contributed by atoms with Crippen molar-refractivity contribution in [2.24, 2.45) is 5.92 Å². The smallest absolute Gasteiger partial charge is 0.301 e. The predicted octanol–water partition coefficient (Wildman–Crippen LogP) is 3.36. The number of fused-ring (bicyclic) bond motifs is 1. The molecular weight excluding hydrogens is 242 g/mol. The van der Waals surface area contributed by atoms with Gasteiger partial charge in [-0.3, -0.25) is 15.1 Å². The zero-order valence-electron chi connectivity index (χ0n) is 10.5. The van der Waals surface area contributed by atoms with Crippen LogP contribution in [-0.4, -0.2) is 16.5 Å². The van der Waals surface area contributed by atoms with Gasteiger partial charge in [-0.2, -0.15) is 0 Å². The molecule has 19 heavy (non-hydrogen) atoms. The number of hydrogen-bond donors (Lipinski definition) is 1. The monoisotopic (exact) mass is 257 g/mol. The molecule has 0 atom stereocenters. The largest absolute Gasteiger partial charge is 0.379 e. The van der Waals surface area contributed by atoms with Gasteiger partial charge in [-0.15, -0.1) is 0 Å². The first-order chi connectivity index (χ1) is 9.25. The minimum absolute atomic E-state index is 0.126. The fourth-order valence-corrected chi connectivity index (χ4v) is 2.29. The van der Waals surface area contributed by atoms with Crippen molar-refractivity contribution in [1.29, 1.82) is 0 Å². The van der Waals surface area contributed by atoms with Crippen LogP contribution >= 0.6 is 0 Å². The predicted molar refractivity (Wildman–Crippen MR) is 74.2 cm³/mol. The Labute approximate surface area is 110 Å². The first-order valence-corrected chi connectivity index (χ1v) is 6.51. The topological polar surface area (TPSA) is 68.1 Å². The third kappa shape index (κ3) is 2.50. The van der Waals surface area contributed by atoms with E-state index in [1.165, 1.54) is 12.8 Å². The van der Waals surface area contributed by atoms with E-state index >= 15 is 0 Å². The summed E-state index contributed by atoms with van der Waals surface area (Å²) >= 11 is 0. The number of pyridine rings is 1. The van der Waals surface area contributed by atoms with Gasteiger partial charge in [0.2, 0.25) is 0 Å². The van der Waals surface area contributed by atoms with Crippen LogP contribution < -0.4 is 5.32 Å². The molecule has 0 saturated heterocycles. The van der Waals surface area contributed by atoms with E-state index < -0.39 is 0 Å². The maximum atomic E-state index is 11.3. The molecule has 2 aromatic rings. The summed E-state index contributed by atoms with van der Waals surface area (Å²) < 4.78 is 0. The number of nitrogens with zero attached hydrogens (tertiary/aromatic N) is 2. The van der Waals surface area contributed by atoms with E-state index in [1.807, 2.05) is 6.07 Å². The van der Waals surface area contributed by atoms with Gasteiger partial charge in [-0.1, -0.05) is 12.8 Å². The van der Waals surface area contributed by atoms with Gasteiger partial charge in [0.15, 0.2) is 0 Å². The van der Waals surface area contributed by atoms with Crippen molar-refractivity contribution >= 4 is 22.3 Å². The average Bonchev–Trinajstić information content (AvgIpc) is 3.22. The number of benzene rings is 1. The minimum atomic E-state index is -0.330. The van der Waals surface area contributed by atoms with Crippen molar-refractivity contribution in [3.63, 3.8) is 0 Å². The molecule has 1 aromatic heterocycles. The molecular formula is C14H15N3O2. The second-order valence-electron chi connectivity index (χ2n) is 4.95. The van der Waals surface area contributed by atoms with Gasteiger partial charge in [0.1, 0.15) is 5.69 Å². The maximum Gasteiger partial charge on any atom is 0.301 e. The van der Waals surface area contributed by atoms with E-state index in [0.29, 0.717) is 16.6 Å². The lowest BCUT2D eigenvalue weighted by atomic mass is 10.1. The van der Waals surface area contributed by atoms with Crippen molar-refractivity contribution in [2.75, 3.05) is 11.9 Å². The zero-order chi connectivity index (χ0) is 13.2.